The Bertz CT molecular complexity index is 424. The van der Waals surface area contributed by atoms with Crippen molar-refractivity contribution >= 4 is 10.8 Å². The lowest BCUT2D eigenvalue weighted by atomic mass is 9.92. The van der Waals surface area contributed by atoms with E-state index in [-0.39, 0.29) is 6.10 Å². The maximum Gasteiger partial charge on any atom is 0.0541 e. The molecule has 3 nitrogen and oxygen atoms in total. The molecule has 1 aromatic rings. The molecule has 1 aliphatic carbocycles. The maximum absolute atomic E-state index is 11.3. The Balaban J connectivity index is 1.92. The molecule has 2 rings (SSSR count). The molecule has 1 aliphatic rings. The predicted octanol–water partition coefficient (Wildman–Crippen LogP) is 2.38. The number of hydrogen-bond donors (Lipinski definition) is 2. The molecule has 1 saturated carbocycles. The smallest absolute Gasteiger partial charge is 0.0541 e. The lowest BCUT2D eigenvalue weighted by Gasteiger charge is -2.29. The van der Waals surface area contributed by atoms with E-state index in [1.165, 1.54) is 5.56 Å². The van der Waals surface area contributed by atoms with Gasteiger partial charge in [0.1, 0.15) is 0 Å². The van der Waals surface area contributed by atoms with E-state index in [9.17, 15) is 9.32 Å². The summed E-state index contributed by atoms with van der Waals surface area (Å²) >= 11 is 0. The summed E-state index contributed by atoms with van der Waals surface area (Å²) in [4.78, 5) is 0.872. The van der Waals surface area contributed by atoms with Gasteiger partial charge in [-0.15, -0.1) is 0 Å². The molecule has 1 fully saturated rings. The zero-order valence-corrected chi connectivity index (χ0v) is 12.5. The summed E-state index contributed by atoms with van der Waals surface area (Å²) in [5.74, 6) is 0. The van der Waals surface area contributed by atoms with E-state index < -0.39 is 10.8 Å². The van der Waals surface area contributed by atoms with Gasteiger partial charge >= 0.3 is 0 Å². The van der Waals surface area contributed by atoms with Gasteiger partial charge in [0.15, 0.2) is 0 Å². The maximum atomic E-state index is 11.3. The van der Waals surface area contributed by atoms with Crippen molar-refractivity contribution in [3.8, 4) is 0 Å². The van der Waals surface area contributed by atoms with Crippen LogP contribution >= 0.6 is 0 Å². The standard InChI is InChI=1S/C15H23NO2S/c1-11(16-13-5-7-14(17)8-6-13)12-3-9-15(10-4-12)19(2)18/h3-4,9-11,13-14,16-17H,5-8H2,1-2H3. The second-order valence-corrected chi connectivity index (χ2v) is 6.80. The van der Waals surface area contributed by atoms with Gasteiger partial charge in [-0.25, -0.2) is 0 Å². The Morgan fingerprint density at radius 3 is 2.32 bits per heavy atom. The fraction of sp³-hybridized carbons (Fsp3) is 0.600. The second kappa shape index (κ2) is 6.64. The fourth-order valence-electron chi connectivity index (χ4n) is 2.64. The summed E-state index contributed by atoms with van der Waals surface area (Å²) in [6.07, 6.45) is 5.48. The van der Waals surface area contributed by atoms with Crippen molar-refractivity contribution in [2.75, 3.05) is 6.26 Å². The highest BCUT2D eigenvalue weighted by molar-refractivity contribution is 7.84. The molecule has 4 heteroatoms. The van der Waals surface area contributed by atoms with Crippen molar-refractivity contribution in [2.24, 2.45) is 0 Å². The SMILES string of the molecule is CC(NC1CCC(O)CC1)c1ccc(S(C)=O)cc1. The molecular formula is C15H23NO2S. The van der Waals surface area contributed by atoms with E-state index in [0.29, 0.717) is 12.1 Å². The van der Waals surface area contributed by atoms with E-state index in [1.807, 2.05) is 24.3 Å². The van der Waals surface area contributed by atoms with Crippen LogP contribution < -0.4 is 5.32 Å². The minimum absolute atomic E-state index is 0.104. The highest BCUT2D eigenvalue weighted by Gasteiger charge is 2.20. The van der Waals surface area contributed by atoms with Crippen LogP contribution in [0.4, 0.5) is 0 Å². The summed E-state index contributed by atoms with van der Waals surface area (Å²) in [5.41, 5.74) is 1.22. The molecule has 2 atom stereocenters. The molecule has 1 aromatic carbocycles. The number of hydrogen-bond acceptors (Lipinski definition) is 3. The number of aliphatic hydroxyl groups excluding tert-OH is 1. The van der Waals surface area contributed by atoms with Crippen molar-refractivity contribution in [1.82, 2.24) is 5.32 Å². The number of nitrogens with one attached hydrogen (secondary N) is 1. The molecule has 0 heterocycles. The van der Waals surface area contributed by atoms with Crippen LogP contribution in [0.1, 0.15) is 44.2 Å². The molecular weight excluding hydrogens is 258 g/mol. The van der Waals surface area contributed by atoms with Crippen molar-refractivity contribution in [3.63, 3.8) is 0 Å². The van der Waals surface area contributed by atoms with Gasteiger partial charge in [-0.1, -0.05) is 12.1 Å². The Morgan fingerprint density at radius 2 is 1.79 bits per heavy atom. The molecule has 19 heavy (non-hydrogen) atoms. The first-order valence-corrected chi connectivity index (χ1v) is 8.49. The van der Waals surface area contributed by atoms with Crippen molar-refractivity contribution in [3.05, 3.63) is 29.8 Å². The van der Waals surface area contributed by atoms with Crippen LogP contribution in [0, 0.1) is 0 Å². The van der Waals surface area contributed by atoms with Crippen molar-refractivity contribution in [1.29, 1.82) is 0 Å². The van der Waals surface area contributed by atoms with Gasteiger partial charge in [0.2, 0.25) is 0 Å². The lowest BCUT2D eigenvalue weighted by Crippen LogP contribution is -2.36. The molecule has 0 radical (unpaired) electrons. The van der Waals surface area contributed by atoms with Crippen LogP contribution in [0.5, 0.6) is 0 Å². The molecule has 2 N–H and O–H groups in total. The van der Waals surface area contributed by atoms with Gasteiger partial charge in [-0.3, -0.25) is 4.21 Å². The number of rotatable bonds is 4. The van der Waals surface area contributed by atoms with Crippen molar-refractivity contribution in [2.45, 2.75) is 55.7 Å². The third kappa shape index (κ3) is 4.13. The van der Waals surface area contributed by atoms with Gasteiger partial charge in [0, 0.05) is 34.0 Å². The highest BCUT2D eigenvalue weighted by atomic mass is 32.2. The van der Waals surface area contributed by atoms with E-state index in [0.717, 1.165) is 30.6 Å². The Hall–Kier alpha value is -0.710. The molecule has 2 unspecified atom stereocenters. The van der Waals surface area contributed by atoms with Crippen LogP contribution in [0.3, 0.4) is 0 Å². The fourth-order valence-corrected chi connectivity index (χ4v) is 3.16. The van der Waals surface area contributed by atoms with E-state index in [4.69, 9.17) is 0 Å². The average Bonchev–Trinajstić information content (AvgIpc) is 2.41. The van der Waals surface area contributed by atoms with Crippen LogP contribution in [0.25, 0.3) is 0 Å². The monoisotopic (exact) mass is 281 g/mol. The Labute approximate surface area is 117 Å². The summed E-state index contributed by atoms with van der Waals surface area (Å²) in [5, 5.41) is 13.1. The van der Waals surface area contributed by atoms with Gasteiger partial charge in [0.05, 0.1) is 6.10 Å². The van der Waals surface area contributed by atoms with Gasteiger partial charge in [-0.05, 0) is 50.3 Å². The minimum Gasteiger partial charge on any atom is -0.393 e. The molecule has 0 amide bonds. The summed E-state index contributed by atoms with van der Waals surface area (Å²) < 4.78 is 11.3. The van der Waals surface area contributed by atoms with Gasteiger partial charge in [0.25, 0.3) is 0 Å². The Kier molecular flexibility index (Phi) is 5.13. The minimum atomic E-state index is -0.909. The zero-order valence-electron chi connectivity index (χ0n) is 11.6. The molecule has 0 bridgehead atoms. The topological polar surface area (TPSA) is 49.3 Å². The van der Waals surface area contributed by atoms with Crippen LogP contribution in [0.15, 0.2) is 29.2 Å². The predicted molar refractivity (Wildman–Crippen MR) is 78.6 cm³/mol. The first-order chi connectivity index (χ1) is 9.06. The van der Waals surface area contributed by atoms with Gasteiger partial charge in [-0.2, -0.15) is 0 Å². The number of aliphatic hydroxyl groups is 1. The van der Waals surface area contributed by atoms with E-state index >= 15 is 0 Å². The van der Waals surface area contributed by atoms with Crippen LogP contribution in [-0.2, 0) is 10.8 Å². The van der Waals surface area contributed by atoms with Crippen LogP contribution in [-0.4, -0.2) is 27.7 Å². The van der Waals surface area contributed by atoms with E-state index in [2.05, 4.69) is 12.2 Å². The van der Waals surface area contributed by atoms with Crippen LogP contribution in [0.2, 0.25) is 0 Å². The third-order valence-corrected chi connectivity index (χ3v) is 4.83. The normalized spacial score (nSPS) is 26.9. The first-order valence-electron chi connectivity index (χ1n) is 6.93. The van der Waals surface area contributed by atoms with Gasteiger partial charge < -0.3 is 10.4 Å². The zero-order chi connectivity index (χ0) is 13.8. The largest absolute Gasteiger partial charge is 0.393 e. The number of benzene rings is 1. The molecule has 0 aliphatic heterocycles. The second-order valence-electron chi connectivity index (χ2n) is 5.42. The molecule has 106 valence electrons. The lowest BCUT2D eigenvalue weighted by molar-refractivity contribution is 0.114. The summed E-state index contributed by atoms with van der Waals surface area (Å²) in [7, 11) is -0.909. The Morgan fingerprint density at radius 1 is 1.21 bits per heavy atom. The molecule has 0 aromatic heterocycles. The average molecular weight is 281 g/mol. The molecule has 0 spiro atoms. The third-order valence-electron chi connectivity index (χ3n) is 3.89. The quantitative estimate of drug-likeness (QED) is 0.891. The molecule has 0 saturated heterocycles. The summed E-state index contributed by atoms with van der Waals surface area (Å²) in [6.45, 7) is 2.16. The van der Waals surface area contributed by atoms with E-state index in [1.54, 1.807) is 6.26 Å². The summed E-state index contributed by atoms with van der Waals surface area (Å²) in [6, 6.07) is 8.76. The van der Waals surface area contributed by atoms with Crippen molar-refractivity contribution < 1.29 is 9.32 Å². The highest BCUT2D eigenvalue weighted by Crippen LogP contribution is 2.22. The first kappa shape index (κ1) is 14.7.